The van der Waals surface area contributed by atoms with Crippen LogP contribution in [0, 0.1) is 11.2 Å². The molecule has 1 amide bonds. The number of fused-ring (bicyclic) bond motifs is 1. The van der Waals surface area contributed by atoms with Gasteiger partial charge in [-0.3, -0.25) is 4.79 Å². The summed E-state index contributed by atoms with van der Waals surface area (Å²) < 4.78 is 15.2. The minimum absolute atomic E-state index is 0.00481. The SMILES string of the molecule is CCC(CC)(CN)C(=O)NCCc1nc2ccc(F)cc2n1C. The van der Waals surface area contributed by atoms with Crippen molar-refractivity contribution >= 4 is 16.9 Å². The van der Waals surface area contributed by atoms with Crippen LogP contribution in [0.25, 0.3) is 11.0 Å². The van der Waals surface area contributed by atoms with Crippen molar-refractivity contribution in [3.63, 3.8) is 0 Å². The summed E-state index contributed by atoms with van der Waals surface area (Å²) in [6.45, 7) is 4.80. The van der Waals surface area contributed by atoms with E-state index in [0.717, 1.165) is 29.7 Å². The molecule has 2 aromatic rings. The Morgan fingerprint density at radius 2 is 2.09 bits per heavy atom. The second-order valence-corrected chi connectivity index (χ2v) is 5.92. The third-order valence-corrected chi connectivity index (χ3v) is 4.80. The van der Waals surface area contributed by atoms with E-state index >= 15 is 0 Å². The van der Waals surface area contributed by atoms with Crippen molar-refractivity contribution in [3.05, 3.63) is 29.8 Å². The number of carbonyl (C=O) groups is 1. The minimum Gasteiger partial charge on any atom is -0.355 e. The van der Waals surface area contributed by atoms with Crippen molar-refractivity contribution in [2.45, 2.75) is 33.1 Å². The lowest BCUT2D eigenvalue weighted by Gasteiger charge is -2.28. The van der Waals surface area contributed by atoms with Gasteiger partial charge in [0.2, 0.25) is 5.91 Å². The van der Waals surface area contributed by atoms with Gasteiger partial charge in [-0.2, -0.15) is 0 Å². The monoisotopic (exact) mass is 320 g/mol. The molecule has 126 valence electrons. The molecule has 0 aliphatic heterocycles. The van der Waals surface area contributed by atoms with E-state index in [4.69, 9.17) is 5.73 Å². The van der Waals surface area contributed by atoms with Gasteiger partial charge in [-0.05, 0) is 31.0 Å². The maximum absolute atomic E-state index is 13.3. The molecule has 0 aliphatic carbocycles. The van der Waals surface area contributed by atoms with Crippen molar-refractivity contribution in [3.8, 4) is 0 Å². The van der Waals surface area contributed by atoms with Gasteiger partial charge in [-0.25, -0.2) is 9.37 Å². The second-order valence-electron chi connectivity index (χ2n) is 5.92. The van der Waals surface area contributed by atoms with Gasteiger partial charge in [0.25, 0.3) is 0 Å². The van der Waals surface area contributed by atoms with Gasteiger partial charge in [0.15, 0.2) is 0 Å². The summed E-state index contributed by atoms with van der Waals surface area (Å²) in [4.78, 5) is 16.9. The van der Waals surface area contributed by atoms with E-state index in [-0.39, 0.29) is 11.7 Å². The Bertz CT molecular complexity index is 683. The zero-order valence-corrected chi connectivity index (χ0v) is 14.0. The summed E-state index contributed by atoms with van der Waals surface area (Å²) in [5.74, 6) is 0.533. The average molecular weight is 320 g/mol. The number of aryl methyl sites for hydroxylation is 1. The van der Waals surface area contributed by atoms with E-state index in [1.807, 2.05) is 25.5 Å². The van der Waals surface area contributed by atoms with Crippen molar-refractivity contribution in [1.29, 1.82) is 0 Å². The minimum atomic E-state index is -0.491. The molecule has 1 aromatic carbocycles. The lowest BCUT2D eigenvalue weighted by atomic mass is 9.81. The summed E-state index contributed by atoms with van der Waals surface area (Å²) >= 11 is 0. The third kappa shape index (κ3) is 3.37. The van der Waals surface area contributed by atoms with Gasteiger partial charge < -0.3 is 15.6 Å². The Hall–Kier alpha value is -1.95. The first-order chi connectivity index (χ1) is 11.0. The van der Waals surface area contributed by atoms with Crippen LogP contribution >= 0.6 is 0 Å². The summed E-state index contributed by atoms with van der Waals surface area (Å²) in [6, 6.07) is 4.54. The first-order valence-corrected chi connectivity index (χ1v) is 8.06. The molecule has 0 bridgehead atoms. The molecule has 6 heteroatoms. The van der Waals surface area contributed by atoms with Crippen LogP contribution in [0.15, 0.2) is 18.2 Å². The van der Waals surface area contributed by atoms with E-state index in [1.54, 1.807) is 6.07 Å². The van der Waals surface area contributed by atoms with E-state index in [2.05, 4.69) is 10.3 Å². The van der Waals surface area contributed by atoms with Crippen LogP contribution < -0.4 is 11.1 Å². The van der Waals surface area contributed by atoms with Crippen molar-refractivity contribution < 1.29 is 9.18 Å². The lowest BCUT2D eigenvalue weighted by Crippen LogP contribution is -2.45. The van der Waals surface area contributed by atoms with Crippen LogP contribution in [0.3, 0.4) is 0 Å². The predicted molar refractivity (Wildman–Crippen MR) is 89.5 cm³/mol. The molecule has 0 radical (unpaired) electrons. The van der Waals surface area contributed by atoms with Gasteiger partial charge >= 0.3 is 0 Å². The van der Waals surface area contributed by atoms with E-state index in [1.165, 1.54) is 12.1 Å². The highest BCUT2D eigenvalue weighted by Gasteiger charge is 2.32. The second kappa shape index (κ2) is 7.08. The Labute approximate surface area is 136 Å². The van der Waals surface area contributed by atoms with Crippen molar-refractivity contribution in [1.82, 2.24) is 14.9 Å². The molecule has 5 nitrogen and oxygen atoms in total. The molecule has 3 N–H and O–H groups in total. The molecule has 2 rings (SSSR count). The number of imidazole rings is 1. The number of nitrogens with two attached hydrogens (primary N) is 1. The zero-order chi connectivity index (χ0) is 17.0. The number of halogens is 1. The predicted octanol–water partition coefficient (Wildman–Crippen LogP) is 2.14. The fraction of sp³-hybridized carbons (Fsp3) is 0.529. The molecule has 0 fully saturated rings. The fourth-order valence-corrected chi connectivity index (χ4v) is 2.86. The smallest absolute Gasteiger partial charge is 0.227 e. The third-order valence-electron chi connectivity index (χ3n) is 4.80. The number of benzene rings is 1. The van der Waals surface area contributed by atoms with Crippen LogP contribution in [0.2, 0.25) is 0 Å². The number of nitrogens with one attached hydrogen (secondary N) is 1. The Balaban J connectivity index is 2.04. The largest absolute Gasteiger partial charge is 0.355 e. The van der Waals surface area contributed by atoms with Crippen molar-refractivity contribution in [2.24, 2.45) is 18.2 Å². The molecule has 0 saturated heterocycles. The number of hydrogen-bond donors (Lipinski definition) is 2. The van der Waals surface area contributed by atoms with E-state index in [9.17, 15) is 9.18 Å². The normalized spacial score (nSPS) is 11.9. The molecule has 0 spiro atoms. The Morgan fingerprint density at radius 1 is 1.39 bits per heavy atom. The Morgan fingerprint density at radius 3 is 2.70 bits per heavy atom. The summed E-state index contributed by atoms with van der Waals surface area (Å²) in [7, 11) is 1.86. The van der Waals surface area contributed by atoms with Gasteiger partial charge in [0.05, 0.1) is 16.4 Å². The average Bonchev–Trinajstić information content (AvgIpc) is 2.86. The summed E-state index contributed by atoms with van der Waals surface area (Å²) in [5, 5.41) is 2.96. The molecule has 23 heavy (non-hydrogen) atoms. The zero-order valence-electron chi connectivity index (χ0n) is 14.0. The van der Waals surface area contributed by atoms with E-state index < -0.39 is 5.41 Å². The van der Waals surface area contributed by atoms with Gasteiger partial charge in [-0.1, -0.05) is 13.8 Å². The molecule has 0 saturated carbocycles. The number of hydrogen-bond acceptors (Lipinski definition) is 3. The Kier molecular flexibility index (Phi) is 5.36. The fourth-order valence-electron chi connectivity index (χ4n) is 2.86. The molecule has 0 unspecified atom stereocenters. The highest BCUT2D eigenvalue weighted by Crippen LogP contribution is 2.25. The first-order valence-electron chi connectivity index (χ1n) is 8.06. The van der Waals surface area contributed by atoms with Crippen molar-refractivity contribution in [2.75, 3.05) is 13.1 Å². The number of aromatic nitrogens is 2. The lowest BCUT2D eigenvalue weighted by molar-refractivity contribution is -0.131. The van der Waals surface area contributed by atoms with Crippen LogP contribution in [0.4, 0.5) is 4.39 Å². The number of rotatable bonds is 7. The number of amides is 1. The van der Waals surface area contributed by atoms with Gasteiger partial charge in [-0.15, -0.1) is 0 Å². The molecule has 1 heterocycles. The number of carbonyl (C=O) groups excluding carboxylic acids is 1. The molecular formula is C17H25FN4O. The summed E-state index contributed by atoms with van der Waals surface area (Å²) in [6.07, 6.45) is 2.03. The van der Waals surface area contributed by atoms with Gasteiger partial charge in [0.1, 0.15) is 11.6 Å². The standard InChI is InChI=1S/C17H25FN4O/c1-4-17(5-2,11-19)16(23)20-9-8-15-21-13-7-6-12(18)10-14(13)22(15)3/h6-7,10H,4-5,8-9,11,19H2,1-3H3,(H,20,23). The maximum atomic E-state index is 13.3. The maximum Gasteiger partial charge on any atom is 0.227 e. The molecule has 0 atom stereocenters. The quantitative estimate of drug-likeness (QED) is 0.821. The van der Waals surface area contributed by atoms with Crippen LogP contribution in [-0.2, 0) is 18.3 Å². The van der Waals surface area contributed by atoms with E-state index in [0.29, 0.717) is 19.5 Å². The topological polar surface area (TPSA) is 72.9 Å². The highest BCUT2D eigenvalue weighted by molar-refractivity contribution is 5.82. The molecule has 1 aromatic heterocycles. The van der Waals surface area contributed by atoms with Crippen LogP contribution in [0.1, 0.15) is 32.5 Å². The first kappa shape index (κ1) is 17.4. The number of nitrogens with zero attached hydrogens (tertiary/aromatic N) is 2. The van der Waals surface area contributed by atoms with Gasteiger partial charge in [0, 0.05) is 26.6 Å². The van der Waals surface area contributed by atoms with Crippen LogP contribution in [-0.4, -0.2) is 28.5 Å². The highest BCUT2D eigenvalue weighted by atomic mass is 19.1. The summed E-state index contributed by atoms with van der Waals surface area (Å²) in [5.41, 5.74) is 6.81. The molecule has 0 aliphatic rings. The molecular weight excluding hydrogens is 295 g/mol. The van der Waals surface area contributed by atoms with Crippen LogP contribution in [0.5, 0.6) is 0 Å².